The molecule has 112 valence electrons. The van der Waals surface area contributed by atoms with Crippen LogP contribution in [0.1, 0.15) is 0 Å². The first kappa shape index (κ1) is 13.9. The van der Waals surface area contributed by atoms with E-state index in [2.05, 4.69) is 0 Å². The third-order valence-electron chi connectivity index (χ3n) is 3.40. The molecular formula is C15H11NO6. The van der Waals surface area contributed by atoms with E-state index in [1.165, 1.54) is 26.4 Å². The maximum atomic E-state index is 11.5. The molecule has 0 aliphatic heterocycles. The fourth-order valence-corrected chi connectivity index (χ4v) is 2.41. The third-order valence-corrected chi connectivity index (χ3v) is 3.40. The lowest BCUT2D eigenvalue weighted by Gasteiger charge is -2.10. The van der Waals surface area contributed by atoms with Gasteiger partial charge >= 0.3 is 5.63 Å². The van der Waals surface area contributed by atoms with Gasteiger partial charge in [0.15, 0.2) is 5.58 Å². The lowest BCUT2D eigenvalue weighted by atomic mass is 10.0. The molecule has 0 aliphatic rings. The van der Waals surface area contributed by atoms with Gasteiger partial charge < -0.3 is 13.9 Å². The number of non-ortho nitro benzene ring substituents is 1. The summed E-state index contributed by atoms with van der Waals surface area (Å²) in [5.41, 5.74) is -0.611. The highest BCUT2D eigenvalue weighted by Gasteiger charge is 2.20. The van der Waals surface area contributed by atoms with Gasteiger partial charge in [-0.05, 0) is 12.1 Å². The zero-order valence-electron chi connectivity index (χ0n) is 11.8. The number of nitro benzene ring substituents is 1. The van der Waals surface area contributed by atoms with Gasteiger partial charge in [0.2, 0.25) is 0 Å². The highest BCUT2D eigenvalue weighted by Crippen LogP contribution is 2.39. The molecule has 0 spiro atoms. The number of nitro groups is 1. The summed E-state index contributed by atoms with van der Waals surface area (Å²) in [6.07, 6.45) is 0. The highest BCUT2D eigenvalue weighted by molar-refractivity contribution is 6.10. The summed E-state index contributed by atoms with van der Waals surface area (Å²) in [6, 6.07) is 7.19. The smallest absolute Gasteiger partial charge is 0.336 e. The number of fused-ring (bicyclic) bond motifs is 3. The van der Waals surface area contributed by atoms with Gasteiger partial charge in [0.25, 0.3) is 5.69 Å². The number of nitrogens with zero attached hydrogens (tertiary/aromatic N) is 1. The van der Waals surface area contributed by atoms with Gasteiger partial charge in [-0.25, -0.2) is 4.79 Å². The largest absolute Gasteiger partial charge is 0.497 e. The Balaban J connectivity index is 2.60. The molecule has 7 heteroatoms. The van der Waals surface area contributed by atoms with E-state index in [1.807, 2.05) is 0 Å². The molecule has 22 heavy (non-hydrogen) atoms. The zero-order chi connectivity index (χ0) is 15.9. The summed E-state index contributed by atoms with van der Waals surface area (Å²) in [4.78, 5) is 22.3. The summed E-state index contributed by atoms with van der Waals surface area (Å²) >= 11 is 0. The Hall–Kier alpha value is -3.09. The Morgan fingerprint density at radius 1 is 1.05 bits per heavy atom. The summed E-state index contributed by atoms with van der Waals surface area (Å²) in [6.45, 7) is 0. The van der Waals surface area contributed by atoms with Gasteiger partial charge in [0.1, 0.15) is 11.5 Å². The number of hydrogen-bond acceptors (Lipinski definition) is 6. The number of benzene rings is 2. The number of hydrogen-bond donors (Lipinski definition) is 0. The summed E-state index contributed by atoms with van der Waals surface area (Å²) < 4.78 is 15.6. The van der Waals surface area contributed by atoms with Crippen LogP contribution in [-0.4, -0.2) is 19.1 Å². The molecular weight excluding hydrogens is 290 g/mol. The van der Waals surface area contributed by atoms with Crippen molar-refractivity contribution in [3.05, 3.63) is 50.9 Å². The minimum atomic E-state index is -0.587. The molecule has 0 bridgehead atoms. The molecule has 1 aromatic heterocycles. The summed E-state index contributed by atoms with van der Waals surface area (Å²) in [7, 11) is 2.94. The summed E-state index contributed by atoms with van der Waals surface area (Å²) in [5.74, 6) is 0.886. The first-order chi connectivity index (χ1) is 10.5. The van der Waals surface area contributed by atoms with Gasteiger partial charge in [-0.15, -0.1) is 0 Å². The molecule has 0 saturated carbocycles. The molecule has 0 saturated heterocycles. The predicted molar refractivity (Wildman–Crippen MR) is 79.7 cm³/mol. The number of ether oxygens (including phenoxy) is 2. The molecule has 0 amide bonds. The Bertz CT molecular complexity index is 960. The molecule has 0 N–H and O–H groups in total. The molecule has 0 fully saturated rings. The number of methoxy groups -OCH3 is 2. The van der Waals surface area contributed by atoms with Gasteiger partial charge in [0.05, 0.1) is 24.5 Å². The van der Waals surface area contributed by atoms with Crippen LogP contribution in [0, 0.1) is 10.1 Å². The van der Waals surface area contributed by atoms with E-state index >= 15 is 0 Å². The third kappa shape index (κ3) is 2.03. The van der Waals surface area contributed by atoms with E-state index in [0.717, 1.165) is 6.07 Å². The molecule has 7 nitrogen and oxygen atoms in total. The van der Waals surface area contributed by atoms with Crippen molar-refractivity contribution in [1.82, 2.24) is 0 Å². The van der Waals surface area contributed by atoms with Gasteiger partial charge in [-0.2, -0.15) is 0 Å². The monoisotopic (exact) mass is 301 g/mol. The van der Waals surface area contributed by atoms with Crippen molar-refractivity contribution >= 4 is 27.4 Å². The SMILES string of the molecule is COc1cc(OC)c2cc([N+](=O)[O-])c3ccc(=O)oc3c2c1. The van der Waals surface area contributed by atoms with E-state index < -0.39 is 10.5 Å². The zero-order valence-corrected chi connectivity index (χ0v) is 11.8. The second kappa shape index (κ2) is 5.03. The molecule has 0 radical (unpaired) electrons. The van der Waals surface area contributed by atoms with E-state index in [4.69, 9.17) is 13.9 Å². The van der Waals surface area contributed by atoms with Gasteiger partial charge in [0, 0.05) is 29.0 Å². The van der Waals surface area contributed by atoms with Crippen molar-refractivity contribution < 1.29 is 18.8 Å². The van der Waals surface area contributed by atoms with Crippen LogP contribution in [0.5, 0.6) is 11.5 Å². The standard InChI is InChI=1S/C15H11NO6/c1-20-8-5-11-10(13(6-8)21-2)7-12(16(18)19)9-3-4-14(17)22-15(9)11/h3-7H,1-2H3. The molecule has 3 rings (SSSR count). The first-order valence-corrected chi connectivity index (χ1v) is 6.32. The van der Waals surface area contributed by atoms with E-state index in [1.54, 1.807) is 12.1 Å². The molecule has 1 heterocycles. The Labute approximate surface area is 123 Å². The van der Waals surface area contributed by atoms with E-state index in [0.29, 0.717) is 22.3 Å². The van der Waals surface area contributed by atoms with Crippen LogP contribution in [0.2, 0.25) is 0 Å². The molecule has 2 aromatic carbocycles. The lowest BCUT2D eigenvalue weighted by Crippen LogP contribution is -1.99. The Morgan fingerprint density at radius 3 is 2.45 bits per heavy atom. The topological polar surface area (TPSA) is 91.8 Å². The maximum absolute atomic E-state index is 11.5. The van der Waals surface area contributed by atoms with Crippen LogP contribution in [0.15, 0.2) is 39.5 Å². The molecule has 3 aromatic rings. The van der Waals surface area contributed by atoms with Crippen LogP contribution < -0.4 is 15.1 Å². The van der Waals surface area contributed by atoms with Crippen LogP contribution in [0.4, 0.5) is 5.69 Å². The van der Waals surface area contributed by atoms with Crippen LogP contribution in [0.3, 0.4) is 0 Å². The second-order valence-corrected chi connectivity index (χ2v) is 4.57. The average molecular weight is 301 g/mol. The average Bonchev–Trinajstić information content (AvgIpc) is 2.52. The van der Waals surface area contributed by atoms with E-state index in [9.17, 15) is 14.9 Å². The van der Waals surface area contributed by atoms with Crippen LogP contribution in [-0.2, 0) is 0 Å². The fourth-order valence-electron chi connectivity index (χ4n) is 2.41. The van der Waals surface area contributed by atoms with E-state index in [-0.39, 0.29) is 16.7 Å². The lowest BCUT2D eigenvalue weighted by molar-refractivity contribution is -0.383. The minimum Gasteiger partial charge on any atom is -0.497 e. The highest BCUT2D eigenvalue weighted by atomic mass is 16.6. The molecule has 0 unspecified atom stereocenters. The van der Waals surface area contributed by atoms with Crippen molar-refractivity contribution in [3.63, 3.8) is 0 Å². The second-order valence-electron chi connectivity index (χ2n) is 4.57. The van der Waals surface area contributed by atoms with Gasteiger partial charge in [-0.1, -0.05) is 0 Å². The van der Waals surface area contributed by atoms with Crippen molar-refractivity contribution in [2.24, 2.45) is 0 Å². The quantitative estimate of drug-likeness (QED) is 0.320. The minimum absolute atomic E-state index is 0.133. The first-order valence-electron chi connectivity index (χ1n) is 6.32. The van der Waals surface area contributed by atoms with Crippen LogP contribution in [0.25, 0.3) is 21.7 Å². The summed E-state index contributed by atoms with van der Waals surface area (Å²) in [5, 5.41) is 12.5. The predicted octanol–water partition coefficient (Wildman–Crippen LogP) is 2.87. The van der Waals surface area contributed by atoms with Crippen molar-refractivity contribution in [1.29, 1.82) is 0 Å². The van der Waals surface area contributed by atoms with Crippen molar-refractivity contribution in [3.8, 4) is 11.5 Å². The normalized spacial score (nSPS) is 10.8. The van der Waals surface area contributed by atoms with Gasteiger partial charge in [-0.3, -0.25) is 10.1 Å². The fraction of sp³-hybridized carbons (Fsp3) is 0.133. The van der Waals surface area contributed by atoms with Crippen molar-refractivity contribution in [2.45, 2.75) is 0 Å². The van der Waals surface area contributed by atoms with Crippen LogP contribution >= 0.6 is 0 Å². The maximum Gasteiger partial charge on any atom is 0.336 e. The number of rotatable bonds is 3. The Kier molecular flexibility index (Phi) is 3.17. The molecule has 0 aliphatic carbocycles. The Morgan fingerprint density at radius 2 is 1.82 bits per heavy atom. The molecule has 0 atom stereocenters. The van der Waals surface area contributed by atoms with Crippen molar-refractivity contribution in [2.75, 3.05) is 14.2 Å².